The zero-order valence-corrected chi connectivity index (χ0v) is 12.2. The molecule has 0 aliphatic heterocycles. The van der Waals surface area contributed by atoms with Gasteiger partial charge in [0.1, 0.15) is 12.4 Å². The fourth-order valence-corrected chi connectivity index (χ4v) is 1.75. The van der Waals surface area contributed by atoms with Crippen molar-refractivity contribution in [2.24, 2.45) is 4.99 Å². The quantitative estimate of drug-likeness (QED) is 0.309. The minimum atomic E-state index is 1.13. The van der Waals surface area contributed by atoms with Crippen LogP contribution in [0.3, 0.4) is 0 Å². The molecule has 0 aliphatic rings. The van der Waals surface area contributed by atoms with Crippen molar-refractivity contribution in [3.63, 3.8) is 0 Å². The lowest BCUT2D eigenvalue weighted by molar-refractivity contribution is -0.696. The maximum Gasteiger partial charge on any atom is 0.248 e. The molecule has 20 heavy (non-hydrogen) atoms. The molecule has 0 radical (unpaired) electrons. The van der Waals surface area contributed by atoms with E-state index in [0.717, 1.165) is 6.54 Å². The standard InChI is InChI=1S/C13H23N2.C2N3/c1-3-5-6-7-8-9-10-15-12-11-14(4-2)13-15;3-1-5-2-4/h4,11-13H,2-3,5-10H2,1H3;/q+1;-1. The average Bonchev–Trinajstić information content (AvgIpc) is 2.92. The van der Waals surface area contributed by atoms with Crippen LogP contribution in [0.1, 0.15) is 45.4 Å². The molecule has 1 aromatic heterocycles. The first kappa shape index (κ1) is 17.8. The second-order valence-electron chi connectivity index (χ2n) is 4.36. The first-order valence-electron chi connectivity index (χ1n) is 6.95. The minimum absolute atomic E-state index is 1.13. The molecule has 5 heteroatoms. The van der Waals surface area contributed by atoms with Gasteiger partial charge in [-0.15, -0.1) is 6.01 Å². The van der Waals surface area contributed by atoms with E-state index in [9.17, 15) is 0 Å². The van der Waals surface area contributed by atoms with Crippen LogP contribution in [0.5, 0.6) is 0 Å². The van der Waals surface area contributed by atoms with Crippen LogP contribution in [0.15, 0.2) is 30.3 Å². The maximum atomic E-state index is 7.43. The average molecular weight is 273 g/mol. The molecular weight excluding hydrogens is 250 g/mol. The molecule has 5 nitrogen and oxygen atoms in total. The highest BCUT2D eigenvalue weighted by molar-refractivity contribution is 5.46. The Morgan fingerprint density at radius 1 is 1.35 bits per heavy atom. The van der Waals surface area contributed by atoms with Crippen LogP contribution in [0.4, 0.5) is 0 Å². The van der Waals surface area contributed by atoms with Crippen LogP contribution in [0, 0.1) is 11.5 Å². The van der Waals surface area contributed by atoms with Gasteiger partial charge in [0.25, 0.3) is 0 Å². The molecule has 1 heterocycles. The van der Waals surface area contributed by atoms with Crippen molar-refractivity contribution in [3.05, 3.63) is 30.7 Å². The van der Waals surface area contributed by atoms with Crippen molar-refractivity contribution in [1.82, 2.24) is 4.57 Å². The number of hydrogen-bond donors (Lipinski definition) is 0. The van der Waals surface area contributed by atoms with Crippen molar-refractivity contribution in [2.45, 2.75) is 52.0 Å². The summed E-state index contributed by atoms with van der Waals surface area (Å²) in [5.74, 6) is 0. The van der Waals surface area contributed by atoms with Crippen LogP contribution in [0.25, 0.3) is 11.6 Å². The summed E-state index contributed by atoms with van der Waals surface area (Å²) >= 11 is 0. The summed E-state index contributed by atoms with van der Waals surface area (Å²) in [4.78, 5) is 2.58. The molecule has 0 N–H and O–H groups in total. The zero-order chi connectivity index (χ0) is 15.1. The van der Waals surface area contributed by atoms with Crippen molar-refractivity contribution >= 4 is 12.2 Å². The predicted octanol–water partition coefficient (Wildman–Crippen LogP) is 3.45. The Morgan fingerprint density at radius 2 is 2.05 bits per heavy atom. The summed E-state index contributed by atoms with van der Waals surface area (Å²) in [5, 5.41) is 14.9. The Balaban J connectivity index is 0.000000621. The van der Waals surface area contributed by atoms with Gasteiger partial charge in [-0.3, -0.25) is 0 Å². The third-order valence-electron chi connectivity index (χ3n) is 2.79. The summed E-state index contributed by atoms with van der Waals surface area (Å²) in [6.45, 7) is 7.11. The third-order valence-corrected chi connectivity index (χ3v) is 2.79. The van der Waals surface area contributed by atoms with Crippen molar-refractivity contribution in [1.29, 1.82) is 5.26 Å². The molecular formula is C15H23N5. The monoisotopic (exact) mass is 273 g/mol. The van der Waals surface area contributed by atoms with Gasteiger partial charge in [-0.25, -0.2) is 9.13 Å². The highest BCUT2D eigenvalue weighted by atomic mass is 15.1. The van der Waals surface area contributed by atoms with Gasteiger partial charge >= 0.3 is 0 Å². The molecule has 0 bridgehead atoms. The summed E-state index contributed by atoms with van der Waals surface area (Å²) in [7, 11) is 0. The Hall–Kier alpha value is -2.18. The molecule has 1 rings (SSSR count). The van der Waals surface area contributed by atoms with E-state index in [2.05, 4.69) is 35.6 Å². The van der Waals surface area contributed by atoms with E-state index in [1.54, 1.807) is 0 Å². The highest BCUT2D eigenvalue weighted by Crippen LogP contribution is 2.04. The number of aliphatic imine (C=N–C) groups is 1. The van der Waals surface area contributed by atoms with Crippen molar-refractivity contribution in [3.8, 4) is 6.19 Å². The Morgan fingerprint density at radius 3 is 2.55 bits per heavy atom. The number of imidazole rings is 1. The molecule has 0 unspecified atom stereocenters. The van der Waals surface area contributed by atoms with Gasteiger partial charge in [0, 0.05) is 0 Å². The second-order valence-corrected chi connectivity index (χ2v) is 4.36. The van der Waals surface area contributed by atoms with Crippen LogP contribution in [-0.4, -0.2) is 10.6 Å². The molecule has 1 aromatic rings. The molecule has 0 fully saturated rings. The molecule has 0 spiro atoms. The molecule has 0 saturated heterocycles. The lowest BCUT2D eigenvalue weighted by Crippen LogP contribution is -2.30. The van der Waals surface area contributed by atoms with Gasteiger partial charge in [0.2, 0.25) is 6.33 Å². The lowest BCUT2D eigenvalue weighted by Gasteiger charge is -1.98. The number of rotatable bonds is 8. The van der Waals surface area contributed by atoms with Gasteiger partial charge in [0.15, 0.2) is 0 Å². The SMILES string of the molecule is C=Cn1cc[n+](CCCCCCCC)c1.N#CN=C=[N-]. The molecule has 0 amide bonds. The van der Waals surface area contributed by atoms with Crippen LogP contribution < -0.4 is 4.57 Å². The number of hydrogen-bond acceptors (Lipinski definition) is 2. The van der Waals surface area contributed by atoms with E-state index < -0.39 is 0 Å². The van der Waals surface area contributed by atoms with E-state index in [-0.39, 0.29) is 0 Å². The second kappa shape index (κ2) is 13.3. The van der Waals surface area contributed by atoms with Crippen LogP contribution in [0.2, 0.25) is 0 Å². The van der Waals surface area contributed by atoms with E-state index >= 15 is 0 Å². The van der Waals surface area contributed by atoms with Crippen LogP contribution >= 0.6 is 0 Å². The van der Waals surface area contributed by atoms with Gasteiger partial charge in [-0.2, -0.15) is 5.26 Å². The molecule has 0 atom stereocenters. The van der Waals surface area contributed by atoms with Crippen molar-refractivity contribution < 1.29 is 4.57 Å². The first-order valence-corrected chi connectivity index (χ1v) is 6.95. The maximum absolute atomic E-state index is 7.43. The number of aromatic nitrogens is 2. The smallest absolute Gasteiger partial charge is 0.248 e. The van der Waals surface area contributed by atoms with E-state index in [4.69, 9.17) is 10.7 Å². The highest BCUT2D eigenvalue weighted by Gasteiger charge is 1.99. The van der Waals surface area contributed by atoms with Crippen LogP contribution in [-0.2, 0) is 6.54 Å². The van der Waals surface area contributed by atoms with Gasteiger partial charge in [-0.05, 0) is 12.8 Å². The summed E-state index contributed by atoms with van der Waals surface area (Å²) in [6.07, 6.45) is 17.5. The molecule has 0 aliphatic carbocycles. The van der Waals surface area contributed by atoms with Gasteiger partial charge in [-0.1, -0.05) is 39.2 Å². The zero-order valence-electron chi connectivity index (χ0n) is 12.2. The number of nitriles is 1. The Labute approximate surface area is 121 Å². The normalized spacial score (nSPS) is 8.80. The topological polar surface area (TPSA) is 67.3 Å². The van der Waals surface area contributed by atoms with Gasteiger partial charge in [0.05, 0.1) is 18.9 Å². The van der Waals surface area contributed by atoms with E-state index in [0.29, 0.717) is 0 Å². The molecule has 0 saturated carbocycles. The minimum Gasteiger partial charge on any atom is -0.422 e. The fraction of sp³-hybridized carbons (Fsp3) is 0.533. The van der Waals surface area contributed by atoms with Crippen molar-refractivity contribution in [2.75, 3.05) is 0 Å². The fourth-order valence-electron chi connectivity index (χ4n) is 1.75. The summed E-state index contributed by atoms with van der Waals surface area (Å²) in [5.41, 5.74) is 0. The summed E-state index contributed by atoms with van der Waals surface area (Å²) in [6, 6.07) is 1.28. The molecule has 0 aromatic carbocycles. The number of nitrogens with zero attached hydrogens (tertiary/aromatic N) is 5. The largest absolute Gasteiger partial charge is 0.422 e. The molecule has 108 valence electrons. The first-order chi connectivity index (χ1) is 9.78. The third kappa shape index (κ3) is 9.81. The lowest BCUT2D eigenvalue weighted by atomic mass is 10.1. The van der Waals surface area contributed by atoms with Gasteiger partial charge < -0.3 is 10.4 Å². The number of aryl methyl sites for hydroxylation is 1. The van der Waals surface area contributed by atoms with E-state index in [1.807, 2.05) is 17.0 Å². The Kier molecular flexibility index (Phi) is 11.8. The summed E-state index contributed by atoms with van der Waals surface area (Å²) < 4.78 is 4.21. The Bertz CT molecular complexity index is 449. The number of unbranched alkanes of at least 4 members (excludes halogenated alkanes) is 5. The van der Waals surface area contributed by atoms with E-state index in [1.165, 1.54) is 50.7 Å². The predicted molar refractivity (Wildman–Crippen MR) is 80.8 cm³/mol.